The minimum absolute atomic E-state index is 0.155. The van der Waals surface area contributed by atoms with Gasteiger partial charge in [0.2, 0.25) is 5.91 Å². The van der Waals surface area contributed by atoms with E-state index in [9.17, 15) is 4.79 Å². The molecule has 1 atom stereocenters. The van der Waals surface area contributed by atoms with Crippen molar-refractivity contribution in [3.63, 3.8) is 0 Å². The second-order valence-corrected chi connectivity index (χ2v) is 8.78. The van der Waals surface area contributed by atoms with Gasteiger partial charge in [-0.1, -0.05) is 37.1 Å². The van der Waals surface area contributed by atoms with Gasteiger partial charge >= 0.3 is 0 Å². The lowest BCUT2D eigenvalue weighted by Crippen LogP contribution is -2.42. The highest BCUT2D eigenvalue weighted by atomic mass is 32.2. The first kappa shape index (κ1) is 18.5. The molecule has 0 radical (unpaired) electrons. The van der Waals surface area contributed by atoms with Crippen LogP contribution in [0, 0.1) is 0 Å². The monoisotopic (exact) mass is 378 g/mol. The SMILES string of the molecule is CCn1c(SC(C)C(=O)N(C)C2CCCCC2)nnc1-c1cccs1. The second-order valence-electron chi connectivity index (χ2n) is 6.53. The fraction of sp³-hybridized carbons (Fsp3) is 0.611. The first-order valence-corrected chi connectivity index (χ1v) is 10.8. The normalized spacial score (nSPS) is 16.8. The Labute approximate surface area is 157 Å². The largest absolute Gasteiger partial charge is 0.342 e. The van der Waals surface area contributed by atoms with Crippen molar-refractivity contribution in [1.29, 1.82) is 0 Å². The third kappa shape index (κ3) is 4.08. The van der Waals surface area contributed by atoms with Crippen LogP contribution in [0.25, 0.3) is 10.7 Å². The molecule has 25 heavy (non-hydrogen) atoms. The van der Waals surface area contributed by atoms with Crippen molar-refractivity contribution in [1.82, 2.24) is 19.7 Å². The summed E-state index contributed by atoms with van der Waals surface area (Å²) in [6.45, 7) is 4.86. The molecule has 0 bridgehead atoms. The molecule has 7 heteroatoms. The van der Waals surface area contributed by atoms with Crippen LogP contribution in [0.15, 0.2) is 22.7 Å². The van der Waals surface area contributed by atoms with Gasteiger partial charge in [-0.25, -0.2) is 0 Å². The van der Waals surface area contributed by atoms with E-state index in [1.54, 1.807) is 11.3 Å². The Morgan fingerprint density at radius 3 is 2.80 bits per heavy atom. The van der Waals surface area contributed by atoms with Gasteiger partial charge in [-0.05, 0) is 38.1 Å². The summed E-state index contributed by atoms with van der Waals surface area (Å²) in [6, 6.07) is 4.48. The number of aromatic nitrogens is 3. The molecule has 1 amide bonds. The molecule has 2 aromatic heterocycles. The zero-order valence-corrected chi connectivity index (χ0v) is 16.8. The highest BCUT2D eigenvalue weighted by Crippen LogP contribution is 2.30. The Hall–Kier alpha value is -1.34. The molecule has 0 N–H and O–H groups in total. The Bertz CT molecular complexity index is 692. The number of rotatable bonds is 6. The third-order valence-corrected chi connectivity index (χ3v) is 6.81. The van der Waals surface area contributed by atoms with Crippen molar-refractivity contribution in [3.05, 3.63) is 17.5 Å². The number of amides is 1. The van der Waals surface area contributed by atoms with Crippen LogP contribution in [0.4, 0.5) is 0 Å². The molecule has 1 fully saturated rings. The molecule has 136 valence electrons. The average Bonchev–Trinajstić information content (AvgIpc) is 3.30. The summed E-state index contributed by atoms with van der Waals surface area (Å²) in [7, 11) is 1.96. The maximum atomic E-state index is 12.8. The van der Waals surface area contributed by atoms with Crippen LogP contribution in [0.5, 0.6) is 0 Å². The summed E-state index contributed by atoms with van der Waals surface area (Å²) in [4.78, 5) is 15.9. The van der Waals surface area contributed by atoms with Crippen molar-refractivity contribution in [2.45, 2.75) is 68.9 Å². The van der Waals surface area contributed by atoms with Gasteiger partial charge in [0.15, 0.2) is 11.0 Å². The van der Waals surface area contributed by atoms with E-state index in [4.69, 9.17) is 0 Å². The first-order valence-electron chi connectivity index (χ1n) is 9.02. The van der Waals surface area contributed by atoms with Crippen LogP contribution in [0.3, 0.4) is 0 Å². The fourth-order valence-electron chi connectivity index (χ4n) is 3.39. The molecule has 0 spiro atoms. The summed E-state index contributed by atoms with van der Waals surface area (Å²) >= 11 is 3.18. The first-order chi connectivity index (χ1) is 12.1. The number of hydrogen-bond donors (Lipinski definition) is 0. The van der Waals surface area contributed by atoms with E-state index in [0.717, 1.165) is 35.2 Å². The van der Waals surface area contributed by atoms with Crippen LogP contribution < -0.4 is 0 Å². The standard InChI is InChI=1S/C18H26N4OS2/c1-4-22-16(15-11-8-12-24-15)19-20-18(22)25-13(2)17(23)21(3)14-9-6-5-7-10-14/h8,11-14H,4-7,9-10H2,1-3H3. The zero-order valence-electron chi connectivity index (χ0n) is 15.1. The van der Waals surface area contributed by atoms with E-state index in [-0.39, 0.29) is 11.2 Å². The molecule has 2 aromatic rings. The quantitative estimate of drug-likeness (QED) is 0.703. The lowest BCUT2D eigenvalue weighted by atomic mass is 9.94. The summed E-state index contributed by atoms with van der Waals surface area (Å²) in [5.41, 5.74) is 0. The smallest absolute Gasteiger partial charge is 0.235 e. The highest BCUT2D eigenvalue weighted by molar-refractivity contribution is 8.00. The molecular weight excluding hydrogens is 352 g/mol. The molecule has 1 aliphatic carbocycles. The maximum absolute atomic E-state index is 12.8. The Morgan fingerprint density at radius 1 is 1.40 bits per heavy atom. The molecule has 0 aromatic carbocycles. The average molecular weight is 379 g/mol. The number of carbonyl (C=O) groups is 1. The van der Waals surface area contributed by atoms with Crippen molar-refractivity contribution in [2.75, 3.05) is 7.05 Å². The minimum Gasteiger partial charge on any atom is -0.342 e. The van der Waals surface area contributed by atoms with Crippen LogP contribution in [-0.2, 0) is 11.3 Å². The van der Waals surface area contributed by atoms with Crippen LogP contribution in [0.2, 0.25) is 0 Å². The zero-order chi connectivity index (χ0) is 17.8. The van der Waals surface area contributed by atoms with Gasteiger partial charge in [0.05, 0.1) is 10.1 Å². The Balaban J connectivity index is 1.70. The second kappa shape index (κ2) is 8.36. The lowest BCUT2D eigenvalue weighted by molar-refractivity contribution is -0.131. The molecule has 0 saturated heterocycles. The van der Waals surface area contributed by atoms with E-state index in [0.29, 0.717) is 6.04 Å². The van der Waals surface area contributed by atoms with Crippen LogP contribution >= 0.6 is 23.1 Å². The van der Waals surface area contributed by atoms with E-state index in [2.05, 4.69) is 27.8 Å². The third-order valence-electron chi connectivity index (χ3n) is 4.87. The van der Waals surface area contributed by atoms with Gasteiger partial charge in [0, 0.05) is 19.6 Å². The number of thioether (sulfide) groups is 1. The van der Waals surface area contributed by atoms with E-state index in [1.807, 2.05) is 30.3 Å². The fourth-order valence-corrected chi connectivity index (χ4v) is 5.12. The number of carbonyl (C=O) groups excluding carboxylic acids is 1. The summed E-state index contributed by atoms with van der Waals surface area (Å²) in [6.07, 6.45) is 6.03. The summed E-state index contributed by atoms with van der Waals surface area (Å²) in [5.74, 6) is 1.08. The molecule has 5 nitrogen and oxygen atoms in total. The van der Waals surface area contributed by atoms with Gasteiger partial charge in [-0.3, -0.25) is 4.79 Å². The van der Waals surface area contributed by atoms with Crippen LogP contribution in [0.1, 0.15) is 46.0 Å². The van der Waals surface area contributed by atoms with Crippen molar-refractivity contribution < 1.29 is 4.79 Å². The minimum atomic E-state index is -0.155. The maximum Gasteiger partial charge on any atom is 0.235 e. The molecule has 0 aliphatic heterocycles. The predicted octanol–water partition coefficient (Wildman–Crippen LogP) is 4.30. The molecule has 2 heterocycles. The molecule has 1 saturated carbocycles. The summed E-state index contributed by atoms with van der Waals surface area (Å²) in [5, 5.41) is 11.4. The molecule has 1 aliphatic rings. The summed E-state index contributed by atoms with van der Waals surface area (Å²) < 4.78 is 2.10. The van der Waals surface area contributed by atoms with E-state index in [1.165, 1.54) is 31.0 Å². The number of hydrogen-bond acceptors (Lipinski definition) is 5. The van der Waals surface area contributed by atoms with Gasteiger partial charge in [-0.2, -0.15) is 0 Å². The lowest BCUT2D eigenvalue weighted by Gasteiger charge is -2.32. The Morgan fingerprint density at radius 2 is 2.16 bits per heavy atom. The van der Waals surface area contributed by atoms with Crippen molar-refractivity contribution >= 4 is 29.0 Å². The van der Waals surface area contributed by atoms with Gasteiger partial charge in [-0.15, -0.1) is 21.5 Å². The molecule has 1 unspecified atom stereocenters. The Kier molecular flexibility index (Phi) is 6.17. The van der Waals surface area contributed by atoms with Crippen LogP contribution in [-0.4, -0.2) is 43.9 Å². The molecule has 3 rings (SSSR count). The number of nitrogens with zero attached hydrogens (tertiary/aromatic N) is 4. The van der Waals surface area contributed by atoms with Gasteiger partial charge in [0.1, 0.15) is 0 Å². The van der Waals surface area contributed by atoms with Gasteiger partial charge < -0.3 is 9.47 Å². The van der Waals surface area contributed by atoms with E-state index >= 15 is 0 Å². The predicted molar refractivity (Wildman–Crippen MR) is 104 cm³/mol. The van der Waals surface area contributed by atoms with Gasteiger partial charge in [0.25, 0.3) is 0 Å². The molecular formula is C18H26N4OS2. The highest BCUT2D eigenvalue weighted by Gasteiger charge is 2.27. The number of thiophene rings is 1. The van der Waals surface area contributed by atoms with Crippen molar-refractivity contribution in [2.24, 2.45) is 0 Å². The van der Waals surface area contributed by atoms with E-state index < -0.39 is 0 Å². The van der Waals surface area contributed by atoms with Crippen molar-refractivity contribution in [3.8, 4) is 10.7 Å². The topological polar surface area (TPSA) is 51.0 Å².